The van der Waals surface area contributed by atoms with Crippen molar-refractivity contribution in [1.29, 1.82) is 0 Å². The number of hydrogen-bond donors (Lipinski definition) is 1. The molecule has 2 saturated carbocycles. The lowest BCUT2D eigenvalue weighted by Gasteiger charge is -2.35. The fourth-order valence-corrected chi connectivity index (χ4v) is 3.24. The van der Waals surface area contributed by atoms with Crippen molar-refractivity contribution >= 4 is 17.5 Å². The molecule has 0 aromatic rings. The summed E-state index contributed by atoms with van der Waals surface area (Å²) in [5.74, 6) is -2.35. The minimum Gasteiger partial charge on any atom is -0.480 e. The van der Waals surface area contributed by atoms with Crippen LogP contribution >= 0.6 is 0 Å². The van der Waals surface area contributed by atoms with Crippen LogP contribution in [0.4, 0.5) is 0 Å². The monoisotopic (exact) mass is 210 g/mol. The summed E-state index contributed by atoms with van der Waals surface area (Å²) in [6.45, 7) is 5.15. The van der Waals surface area contributed by atoms with Gasteiger partial charge in [-0.2, -0.15) is 0 Å². The second-order valence-corrected chi connectivity index (χ2v) is 5.33. The molecule has 0 aromatic carbocycles. The molecule has 1 N–H and O–H groups in total. The van der Waals surface area contributed by atoms with Gasteiger partial charge in [0.05, 0.1) is 0 Å². The largest absolute Gasteiger partial charge is 0.480 e. The van der Waals surface area contributed by atoms with Crippen molar-refractivity contribution in [3.63, 3.8) is 0 Å². The number of fused-ring (bicyclic) bond motifs is 2. The summed E-state index contributed by atoms with van der Waals surface area (Å²) in [4.78, 5) is 34.9. The first-order valence-electron chi connectivity index (χ1n) is 5.04. The Morgan fingerprint density at radius 3 is 1.93 bits per heavy atom. The average molecular weight is 210 g/mol. The van der Waals surface area contributed by atoms with Gasteiger partial charge in [-0.15, -0.1) is 0 Å². The van der Waals surface area contributed by atoms with Crippen molar-refractivity contribution < 1.29 is 19.5 Å². The summed E-state index contributed by atoms with van der Waals surface area (Å²) in [6, 6.07) is 0. The first-order valence-corrected chi connectivity index (χ1v) is 5.04. The second-order valence-electron chi connectivity index (χ2n) is 5.33. The van der Waals surface area contributed by atoms with E-state index in [-0.39, 0.29) is 6.42 Å². The Morgan fingerprint density at radius 1 is 1.13 bits per heavy atom. The third kappa shape index (κ3) is 0.713. The van der Waals surface area contributed by atoms with E-state index in [9.17, 15) is 19.5 Å². The maximum absolute atomic E-state index is 11.8. The van der Waals surface area contributed by atoms with Gasteiger partial charge in [-0.3, -0.25) is 14.4 Å². The molecule has 4 heteroatoms. The molecule has 0 radical (unpaired) electrons. The van der Waals surface area contributed by atoms with Crippen LogP contribution in [0.2, 0.25) is 0 Å². The summed E-state index contributed by atoms with van der Waals surface area (Å²) in [5.41, 5.74) is -3.04. The van der Waals surface area contributed by atoms with E-state index < -0.39 is 33.8 Å². The molecule has 0 amide bonds. The van der Waals surface area contributed by atoms with Crippen LogP contribution in [-0.4, -0.2) is 22.6 Å². The van der Waals surface area contributed by atoms with Gasteiger partial charge in [0.1, 0.15) is 5.41 Å². The summed E-state index contributed by atoms with van der Waals surface area (Å²) in [7, 11) is 0. The topological polar surface area (TPSA) is 71.4 Å². The van der Waals surface area contributed by atoms with E-state index in [0.29, 0.717) is 6.42 Å². The molecule has 2 aliphatic carbocycles. The summed E-state index contributed by atoms with van der Waals surface area (Å²) < 4.78 is 0. The Hall–Kier alpha value is -1.19. The molecular formula is C11H14O4. The van der Waals surface area contributed by atoms with Gasteiger partial charge in [0.15, 0.2) is 0 Å². The molecule has 15 heavy (non-hydrogen) atoms. The first-order chi connectivity index (χ1) is 6.72. The van der Waals surface area contributed by atoms with Crippen LogP contribution in [0.3, 0.4) is 0 Å². The standard InChI is InChI=1S/C11H14O4/c1-9(2)10(3)4-5-11(9,8(14)15)7(13)6(10)12/h4-5H2,1-3H3,(H,14,15)/t10-,11-/m1/s1. The highest BCUT2D eigenvalue weighted by Crippen LogP contribution is 2.68. The number of carbonyl (C=O) groups excluding carboxylic acids is 2. The van der Waals surface area contributed by atoms with E-state index in [1.165, 1.54) is 0 Å². The molecule has 82 valence electrons. The van der Waals surface area contributed by atoms with Crippen LogP contribution in [0, 0.1) is 16.2 Å². The lowest BCUT2D eigenvalue weighted by Crippen LogP contribution is -2.44. The lowest BCUT2D eigenvalue weighted by molar-refractivity contribution is -0.160. The van der Waals surface area contributed by atoms with Crippen molar-refractivity contribution in [2.24, 2.45) is 16.2 Å². The zero-order valence-electron chi connectivity index (χ0n) is 9.09. The highest BCUT2D eigenvalue weighted by Gasteiger charge is 2.78. The quantitative estimate of drug-likeness (QED) is 0.518. The number of Topliss-reactive ketones (excluding diaryl/α,β-unsaturated/α-hetero) is 2. The summed E-state index contributed by atoms with van der Waals surface area (Å²) in [5, 5.41) is 9.26. The van der Waals surface area contributed by atoms with E-state index in [1.807, 2.05) is 0 Å². The molecule has 0 heterocycles. The van der Waals surface area contributed by atoms with Gasteiger partial charge in [-0.25, -0.2) is 0 Å². The van der Waals surface area contributed by atoms with Gasteiger partial charge in [0, 0.05) is 10.8 Å². The van der Waals surface area contributed by atoms with Gasteiger partial charge >= 0.3 is 5.97 Å². The van der Waals surface area contributed by atoms with E-state index in [4.69, 9.17) is 0 Å². The number of carboxylic acid groups (broad SMARTS) is 1. The first kappa shape index (κ1) is 10.3. The normalized spacial score (nSPS) is 42.3. The van der Waals surface area contributed by atoms with Gasteiger partial charge in [0.2, 0.25) is 11.6 Å². The van der Waals surface area contributed by atoms with E-state index in [1.54, 1.807) is 20.8 Å². The average Bonchev–Trinajstić information content (AvgIpc) is 2.39. The van der Waals surface area contributed by atoms with E-state index in [2.05, 4.69) is 0 Å². The minimum absolute atomic E-state index is 0.288. The van der Waals surface area contributed by atoms with Gasteiger partial charge in [-0.1, -0.05) is 20.8 Å². The van der Waals surface area contributed by atoms with Gasteiger partial charge in [-0.05, 0) is 12.8 Å². The molecule has 2 aliphatic rings. The number of carboxylic acids is 1. The molecule has 0 spiro atoms. The molecular weight excluding hydrogens is 196 g/mol. The second kappa shape index (κ2) is 2.31. The highest BCUT2D eigenvalue weighted by molar-refractivity contribution is 6.48. The van der Waals surface area contributed by atoms with Crippen LogP contribution < -0.4 is 0 Å². The van der Waals surface area contributed by atoms with Crippen LogP contribution in [0.1, 0.15) is 33.6 Å². The van der Waals surface area contributed by atoms with Crippen LogP contribution in [-0.2, 0) is 14.4 Å². The maximum atomic E-state index is 11.8. The third-order valence-electron chi connectivity index (χ3n) is 4.91. The van der Waals surface area contributed by atoms with Gasteiger partial charge in [0.25, 0.3) is 0 Å². The Kier molecular flexibility index (Phi) is 1.59. The van der Waals surface area contributed by atoms with Crippen molar-refractivity contribution in [2.75, 3.05) is 0 Å². The van der Waals surface area contributed by atoms with Crippen LogP contribution in [0.5, 0.6) is 0 Å². The van der Waals surface area contributed by atoms with E-state index >= 15 is 0 Å². The number of carbonyl (C=O) groups is 3. The zero-order chi connectivity index (χ0) is 11.6. The fourth-order valence-electron chi connectivity index (χ4n) is 3.24. The van der Waals surface area contributed by atoms with Crippen molar-refractivity contribution in [3.8, 4) is 0 Å². The maximum Gasteiger partial charge on any atom is 0.318 e. The molecule has 0 aliphatic heterocycles. The molecule has 0 unspecified atom stereocenters. The minimum atomic E-state index is -1.47. The molecule has 0 saturated heterocycles. The highest BCUT2D eigenvalue weighted by atomic mass is 16.4. The molecule has 0 aromatic heterocycles. The molecule has 2 bridgehead atoms. The Balaban J connectivity index is 2.73. The van der Waals surface area contributed by atoms with Crippen molar-refractivity contribution in [3.05, 3.63) is 0 Å². The lowest BCUT2D eigenvalue weighted by atomic mass is 9.65. The molecule has 2 atom stereocenters. The van der Waals surface area contributed by atoms with E-state index in [0.717, 1.165) is 0 Å². The van der Waals surface area contributed by atoms with Crippen LogP contribution in [0.15, 0.2) is 0 Å². The Labute approximate surface area is 87.7 Å². The summed E-state index contributed by atoms with van der Waals surface area (Å²) >= 11 is 0. The fraction of sp³-hybridized carbons (Fsp3) is 0.727. The smallest absolute Gasteiger partial charge is 0.318 e. The Bertz CT molecular complexity index is 395. The molecule has 2 rings (SSSR count). The summed E-state index contributed by atoms with van der Waals surface area (Å²) in [6.07, 6.45) is 0.785. The number of ketones is 2. The predicted octanol–water partition coefficient (Wildman–Crippen LogP) is 1.04. The third-order valence-corrected chi connectivity index (χ3v) is 4.91. The molecule has 4 nitrogen and oxygen atoms in total. The Morgan fingerprint density at radius 2 is 1.67 bits per heavy atom. The van der Waals surface area contributed by atoms with Crippen molar-refractivity contribution in [2.45, 2.75) is 33.6 Å². The predicted molar refractivity (Wildman–Crippen MR) is 51.2 cm³/mol. The number of aliphatic carboxylic acids is 1. The van der Waals surface area contributed by atoms with Crippen LogP contribution in [0.25, 0.3) is 0 Å². The SMILES string of the molecule is CC1(C)[C@]2(C(=O)O)CC[C@]1(C)C(=O)C2=O. The zero-order valence-corrected chi connectivity index (χ0v) is 9.09. The number of hydrogen-bond acceptors (Lipinski definition) is 3. The van der Waals surface area contributed by atoms with Crippen molar-refractivity contribution in [1.82, 2.24) is 0 Å². The van der Waals surface area contributed by atoms with Gasteiger partial charge < -0.3 is 5.11 Å². The molecule has 2 fully saturated rings. The number of rotatable bonds is 1.